The van der Waals surface area contributed by atoms with Crippen LogP contribution >= 0.6 is 0 Å². The van der Waals surface area contributed by atoms with Crippen LogP contribution in [0.25, 0.3) is 0 Å². The Bertz CT molecular complexity index is 839. The van der Waals surface area contributed by atoms with E-state index in [9.17, 15) is 8.42 Å². The van der Waals surface area contributed by atoms with Crippen molar-refractivity contribution in [3.8, 4) is 0 Å². The predicted octanol–water partition coefficient (Wildman–Crippen LogP) is 1.62. The number of nitrogens with zero attached hydrogens (tertiary/aromatic N) is 1. The molecule has 0 radical (unpaired) electrons. The lowest BCUT2D eigenvalue weighted by Gasteiger charge is -2.61. The summed E-state index contributed by atoms with van der Waals surface area (Å²) in [6.07, 6.45) is 4.99. The average Bonchev–Trinajstić information content (AvgIpc) is 2.68. The largest absolute Gasteiger partial charge is 0.383 e. The molecule has 3 rings (SSSR count). The first kappa shape index (κ1) is 23.0. The molecule has 8 nitrogen and oxygen atoms in total. The third-order valence-electron chi connectivity index (χ3n) is 6.24. The van der Waals surface area contributed by atoms with Crippen LogP contribution in [0, 0.1) is 5.41 Å². The number of nitrogens with one attached hydrogen (secondary N) is 3. The molecule has 1 spiro atoms. The standard InChI is InChI=1S/C21H34N4O4S/c1-4-29-19-14-18(21(19)9-6-10-21)25-20(22-2)23-15-16-7-5-8-17(13-16)30(26,27)24-11-12-28-3/h5,7-8,13,18-19,24H,4,6,9-12,14-15H2,1-3H3,(H2,22,23,25). The molecule has 2 atom stereocenters. The lowest BCUT2D eigenvalue weighted by atomic mass is 9.51. The van der Waals surface area contributed by atoms with Gasteiger partial charge in [0.05, 0.1) is 17.6 Å². The van der Waals surface area contributed by atoms with Gasteiger partial charge in [0.15, 0.2) is 5.96 Å². The molecule has 168 valence electrons. The Kier molecular flexibility index (Phi) is 7.73. The maximum atomic E-state index is 12.4. The van der Waals surface area contributed by atoms with Gasteiger partial charge >= 0.3 is 0 Å². The fourth-order valence-electron chi connectivity index (χ4n) is 4.37. The molecular formula is C21H34N4O4S. The van der Waals surface area contributed by atoms with E-state index in [-0.39, 0.29) is 16.9 Å². The van der Waals surface area contributed by atoms with Gasteiger partial charge in [0, 0.05) is 45.3 Å². The average molecular weight is 439 g/mol. The predicted molar refractivity (Wildman–Crippen MR) is 117 cm³/mol. The van der Waals surface area contributed by atoms with Crippen LogP contribution in [0.15, 0.2) is 34.2 Å². The molecule has 9 heteroatoms. The second kappa shape index (κ2) is 10.1. The van der Waals surface area contributed by atoms with E-state index in [1.165, 1.54) is 26.4 Å². The molecule has 2 fully saturated rings. The molecule has 0 aliphatic heterocycles. The van der Waals surface area contributed by atoms with Crippen molar-refractivity contribution in [3.05, 3.63) is 29.8 Å². The minimum Gasteiger partial charge on any atom is -0.383 e. The Hall–Kier alpha value is -1.68. The molecule has 2 unspecified atom stereocenters. The number of sulfonamides is 1. The van der Waals surface area contributed by atoms with E-state index in [2.05, 4.69) is 27.3 Å². The fraction of sp³-hybridized carbons (Fsp3) is 0.667. The van der Waals surface area contributed by atoms with Gasteiger partial charge in [-0.15, -0.1) is 0 Å². The van der Waals surface area contributed by atoms with Gasteiger partial charge in [-0.25, -0.2) is 13.1 Å². The summed E-state index contributed by atoms with van der Waals surface area (Å²) in [5.41, 5.74) is 1.11. The zero-order valence-electron chi connectivity index (χ0n) is 18.1. The Labute approximate surface area is 179 Å². The second-order valence-electron chi connectivity index (χ2n) is 7.93. The van der Waals surface area contributed by atoms with Crippen molar-refractivity contribution in [2.75, 3.05) is 33.9 Å². The minimum atomic E-state index is -3.55. The van der Waals surface area contributed by atoms with E-state index in [0.29, 0.717) is 25.3 Å². The molecule has 0 bridgehead atoms. The minimum absolute atomic E-state index is 0.240. The number of guanidine groups is 1. The highest BCUT2D eigenvalue weighted by molar-refractivity contribution is 7.89. The Balaban J connectivity index is 1.56. The maximum absolute atomic E-state index is 12.4. The van der Waals surface area contributed by atoms with Crippen LogP contribution in [0.4, 0.5) is 0 Å². The number of benzene rings is 1. The van der Waals surface area contributed by atoms with E-state index in [0.717, 1.165) is 24.6 Å². The van der Waals surface area contributed by atoms with E-state index in [1.54, 1.807) is 25.2 Å². The van der Waals surface area contributed by atoms with E-state index < -0.39 is 10.0 Å². The molecule has 3 N–H and O–H groups in total. The highest BCUT2D eigenvalue weighted by atomic mass is 32.2. The number of ether oxygens (including phenoxy) is 2. The van der Waals surface area contributed by atoms with Gasteiger partial charge < -0.3 is 20.1 Å². The van der Waals surface area contributed by atoms with Crippen molar-refractivity contribution < 1.29 is 17.9 Å². The van der Waals surface area contributed by atoms with E-state index in [1.807, 2.05) is 6.07 Å². The fourth-order valence-corrected chi connectivity index (χ4v) is 5.45. The van der Waals surface area contributed by atoms with Crippen LogP contribution in [0.2, 0.25) is 0 Å². The van der Waals surface area contributed by atoms with Crippen LogP contribution in [0.5, 0.6) is 0 Å². The zero-order valence-corrected chi connectivity index (χ0v) is 18.9. The zero-order chi connectivity index (χ0) is 21.6. The summed E-state index contributed by atoms with van der Waals surface area (Å²) in [4.78, 5) is 4.59. The van der Waals surface area contributed by atoms with Crippen molar-refractivity contribution in [3.63, 3.8) is 0 Å². The first-order chi connectivity index (χ1) is 14.4. The van der Waals surface area contributed by atoms with Gasteiger partial charge in [-0.3, -0.25) is 4.99 Å². The van der Waals surface area contributed by atoms with Crippen molar-refractivity contribution in [2.24, 2.45) is 10.4 Å². The molecule has 1 aromatic rings. The second-order valence-corrected chi connectivity index (χ2v) is 9.69. The molecule has 2 saturated carbocycles. The highest BCUT2D eigenvalue weighted by Gasteiger charge is 2.59. The molecule has 1 aromatic carbocycles. The normalized spacial score (nSPS) is 23.0. The first-order valence-corrected chi connectivity index (χ1v) is 12.1. The third-order valence-corrected chi connectivity index (χ3v) is 7.70. The Morgan fingerprint density at radius 2 is 2.13 bits per heavy atom. The van der Waals surface area contributed by atoms with Crippen molar-refractivity contribution in [1.82, 2.24) is 15.4 Å². The van der Waals surface area contributed by atoms with Crippen molar-refractivity contribution in [2.45, 2.75) is 56.2 Å². The molecular weight excluding hydrogens is 404 g/mol. The van der Waals surface area contributed by atoms with Gasteiger partial charge in [0.2, 0.25) is 10.0 Å². The number of rotatable bonds is 10. The van der Waals surface area contributed by atoms with Gasteiger partial charge in [0.1, 0.15) is 0 Å². The molecule has 0 amide bonds. The quantitative estimate of drug-likeness (QED) is 0.292. The lowest BCUT2D eigenvalue weighted by molar-refractivity contribution is -0.168. The summed E-state index contributed by atoms with van der Waals surface area (Å²) >= 11 is 0. The number of hydrogen-bond acceptors (Lipinski definition) is 5. The van der Waals surface area contributed by atoms with E-state index in [4.69, 9.17) is 9.47 Å². The van der Waals surface area contributed by atoms with Crippen molar-refractivity contribution >= 4 is 16.0 Å². The Morgan fingerprint density at radius 3 is 2.77 bits per heavy atom. The van der Waals surface area contributed by atoms with Gasteiger partial charge in [-0.05, 0) is 43.9 Å². The summed E-state index contributed by atoms with van der Waals surface area (Å²) in [6.45, 7) is 3.86. The van der Waals surface area contributed by atoms with Gasteiger partial charge in [-0.2, -0.15) is 0 Å². The molecule has 0 heterocycles. The van der Waals surface area contributed by atoms with Crippen molar-refractivity contribution in [1.29, 1.82) is 0 Å². The number of hydrogen-bond donors (Lipinski definition) is 3. The van der Waals surface area contributed by atoms with Crippen LogP contribution < -0.4 is 15.4 Å². The van der Waals surface area contributed by atoms with Crippen LogP contribution in [0.3, 0.4) is 0 Å². The SMILES string of the molecule is CCOC1CC(NC(=NC)NCc2cccc(S(=O)(=O)NCCOC)c2)C12CCC2. The summed E-state index contributed by atoms with van der Waals surface area (Å²) in [6, 6.07) is 7.29. The molecule has 30 heavy (non-hydrogen) atoms. The van der Waals surface area contributed by atoms with E-state index >= 15 is 0 Å². The summed E-state index contributed by atoms with van der Waals surface area (Å²) in [5.74, 6) is 0.729. The van der Waals surface area contributed by atoms with Gasteiger partial charge in [-0.1, -0.05) is 18.6 Å². The summed E-state index contributed by atoms with van der Waals surface area (Å²) in [7, 11) is -0.265. The summed E-state index contributed by atoms with van der Waals surface area (Å²) in [5, 5.41) is 6.86. The van der Waals surface area contributed by atoms with Crippen LogP contribution in [-0.4, -0.2) is 60.4 Å². The first-order valence-electron chi connectivity index (χ1n) is 10.6. The number of methoxy groups -OCH3 is 1. The van der Waals surface area contributed by atoms with Crippen LogP contribution in [-0.2, 0) is 26.0 Å². The molecule has 0 aromatic heterocycles. The monoisotopic (exact) mass is 438 g/mol. The molecule has 0 saturated heterocycles. The topological polar surface area (TPSA) is 101 Å². The summed E-state index contributed by atoms with van der Waals surface area (Å²) < 4.78 is 38.2. The Morgan fingerprint density at radius 1 is 1.33 bits per heavy atom. The highest BCUT2D eigenvalue weighted by Crippen LogP contribution is 2.57. The van der Waals surface area contributed by atoms with Gasteiger partial charge in [0.25, 0.3) is 0 Å². The maximum Gasteiger partial charge on any atom is 0.240 e. The molecule has 2 aliphatic rings. The van der Waals surface area contributed by atoms with Crippen LogP contribution in [0.1, 0.15) is 38.2 Å². The smallest absolute Gasteiger partial charge is 0.240 e. The lowest BCUT2D eigenvalue weighted by Crippen LogP contribution is -2.68. The number of aliphatic imine (C=N–C) groups is 1. The molecule has 2 aliphatic carbocycles. The third kappa shape index (κ3) is 4.96.